The van der Waals surface area contributed by atoms with Crippen molar-refractivity contribution >= 4 is 6.09 Å². The second kappa shape index (κ2) is 2.64. The molecule has 1 aliphatic carbocycles. The van der Waals surface area contributed by atoms with Crippen molar-refractivity contribution in [1.29, 1.82) is 0 Å². The number of carbonyl (C=O) groups excluding carboxylic acids is 1. The molecule has 1 N–H and O–H groups in total. The molecule has 3 heteroatoms. The van der Waals surface area contributed by atoms with Gasteiger partial charge >= 0.3 is 6.09 Å². The van der Waals surface area contributed by atoms with Crippen molar-refractivity contribution in [3.8, 4) is 0 Å². The van der Waals surface area contributed by atoms with Crippen molar-refractivity contribution in [1.82, 2.24) is 5.32 Å². The SMILES string of the molecule is CC1CCC2(CC1)CNC(=O)O2. The molecule has 0 aromatic heterocycles. The summed E-state index contributed by atoms with van der Waals surface area (Å²) in [6.45, 7) is 2.98. The number of ether oxygens (including phenoxy) is 1. The van der Waals surface area contributed by atoms with Crippen molar-refractivity contribution < 1.29 is 9.53 Å². The smallest absolute Gasteiger partial charge is 0.407 e. The standard InChI is InChI=1S/C9H15NO2/c1-7-2-4-9(5-3-7)6-10-8(11)12-9/h7H,2-6H2,1H3,(H,10,11). The van der Waals surface area contributed by atoms with E-state index in [4.69, 9.17) is 4.74 Å². The van der Waals surface area contributed by atoms with Crippen molar-refractivity contribution in [2.45, 2.75) is 38.2 Å². The lowest BCUT2D eigenvalue weighted by molar-refractivity contribution is 0.0154. The number of rotatable bonds is 0. The normalized spacial score (nSPS) is 41.1. The van der Waals surface area contributed by atoms with Gasteiger partial charge in [0.1, 0.15) is 5.60 Å². The van der Waals surface area contributed by atoms with Gasteiger partial charge in [0.2, 0.25) is 0 Å². The zero-order valence-corrected chi connectivity index (χ0v) is 7.43. The van der Waals surface area contributed by atoms with Gasteiger partial charge in [-0.05, 0) is 31.6 Å². The molecule has 1 heterocycles. The fourth-order valence-corrected chi connectivity index (χ4v) is 2.07. The zero-order valence-electron chi connectivity index (χ0n) is 7.43. The molecule has 0 unspecified atom stereocenters. The van der Waals surface area contributed by atoms with Crippen molar-refractivity contribution in [2.75, 3.05) is 6.54 Å². The Balaban J connectivity index is 1.99. The molecule has 2 fully saturated rings. The highest BCUT2D eigenvalue weighted by molar-refractivity contribution is 5.70. The predicted octanol–water partition coefficient (Wildman–Crippen LogP) is 1.68. The molecular weight excluding hydrogens is 154 g/mol. The molecule has 1 amide bonds. The van der Waals surface area contributed by atoms with Crippen LogP contribution in [0, 0.1) is 5.92 Å². The van der Waals surface area contributed by atoms with E-state index >= 15 is 0 Å². The van der Waals surface area contributed by atoms with Gasteiger partial charge in [0.25, 0.3) is 0 Å². The summed E-state index contributed by atoms with van der Waals surface area (Å²) in [6.07, 6.45) is 4.22. The fourth-order valence-electron chi connectivity index (χ4n) is 2.07. The molecule has 0 aromatic carbocycles. The van der Waals surface area contributed by atoms with E-state index in [0.717, 1.165) is 25.3 Å². The van der Waals surface area contributed by atoms with Crippen LogP contribution in [0.25, 0.3) is 0 Å². The van der Waals surface area contributed by atoms with E-state index in [9.17, 15) is 4.79 Å². The van der Waals surface area contributed by atoms with Crippen LogP contribution in [0.15, 0.2) is 0 Å². The van der Waals surface area contributed by atoms with E-state index in [0.29, 0.717) is 0 Å². The summed E-state index contributed by atoms with van der Waals surface area (Å²) in [5.41, 5.74) is -0.135. The lowest BCUT2D eigenvalue weighted by atomic mass is 9.80. The number of nitrogens with one attached hydrogen (secondary N) is 1. The van der Waals surface area contributed by atoms with Crippen LogP contribution < -0.4 is 5.32 Å². The summed E-state index contributed by atoms with van der Waals surface area (Å²) >= 11 is 0. The maximum absolute atomic E-state index is 10.9. The Hall–Kier alpha value is -0.730. The Morgan fingerprint density at radius 3 is 2.67 bits per heavy atom. The first-order valence-electron chi connectivity index (χ1n) is 4.67. The van der Waals surface area contributed by atoms with Gasteiger partial charge in [-0.25, -0.2) is 4.79 Å². The van der Waals surface area contributed by atoms with Gasteiger partial charge in [-0.1, -0.05) is 6.92 Å². The minimum absolute atomic E-state index is 0.135. The highest BCUT2D eigenvalue weighted by Gasteiger charge is 2.42. The van der Waals surface area contributed by atoms with E-state index in [1.807, 2.05) is 0 Å². The Morgan fingerprint density at radius 2 is 2.17 bits per heavy atom. The van der Waals surface area contributed by atoms with Gasteiger partial charge < -0.3 is 10.1 Å². The molecule has 0 bridgehead atoms. The summed E-state index contributed by atoms with van der Waals surface area (Å²) in [4.78, 5) is 10.9. The second-order valence-corrected chi connectivity index (χ2v) is 4.11. The second-order valence-electron chi connectivity index (χ2n) is 4.11. The quantitative estimate of drug-likeness (QED) is 0.599. The van der Waals surface area contributed by atoms with Crippen LogP contribution in [0.2, 0.25) is 0 Å². The molecule has 3 nitrogen and oxygen atoms in total. The highest BCUT2D eigenvalue weighted by Crippen LogP contribution is 2.36. The van der Waals surface area contributed by atoms with Crippen molar-refractivity contribution in [3.05, 3.63) is 0 Å². The van der Waals surface area contributed by atoms with E-state index in [1.165, 1.54) is 12.8 Å². The summed E-state index contributed by atoms with van der Waals surface area (Å²) in [7, 11) is 0. The zero-order chi connectivity index (χ0) is 8.60. The lowest BCUT2D eigenvalue weighted by Crippen LogP contribution is -2.37. The van der Waals surface area contributed by atoms with Gasteiger partial charge in [0.15, 0.2) is 0 Å². The van der Waals surface area contributed by atoms with E-state index < -0.39 is 0 Å². The highest BCUT2D eigenvalue weighted by atomic mass is 16.6. The van der Waals surface area contributed by atoms with Crippen LogP contribution in [-0.4, -0.2) is 18.2 Å². The van der Waals surface area contributed by atoms with E-state index in [-0.39, 0.29) is 11.7 Å². The maximum atomic E-state index is 10.9. The monoisotopic (exact) mass is 169 g/mol. The van der Waals surface area contributed by atoms with Crippen LogP contribution >= 0.6 is 0 Å². The van der Waals surface area contributed by atoms with Gasteiger partial charge in [-0.15, -0.1) is 0 Å². The molecule has 12 heavy (non-hydrogen) atoms. The molecule has 1 saturated heterocycles. The molecule has 1 spiro atoms. The van der Waals surface area contributed by atoms with Crippen molar-refractivity contribution in [2.24, 2.45) is 5.92 Å². The average Bonchev–Trinajstić information content (AvgIpc) is 2.40. The van der Waals surface area contributed by atoms with Crippen LogP contribution in [0.5, 0.6) is 0 Å². The minimum Gasteiger partial charge on any atom is -0.441 e. The molecule has 0 aromatic rings. The first kappa shape index (κ1) is 7.90. The molecule has 2 rings (SSSR count). The Labute approximate surface area is 72.5 Å². The number of carbonyl (C=O) groups is 1. The predicted molar refractivity (Wildman–Crippen MR) is 44.8 cm³/mol. The number of hydrogen-bond acceptors (Lipinski definition) is 2. The number of alkyl carbamates (subject to hydrolysis) is 1. The fraction of sp³-hybridized carbons (Fsp3) is 0.889. The molecule has 2 aliphatic rings. The minimum atomic E-state index is -0.232. The van der Waals surface area contributed by atoms with Gasteiger partial charge in [0, 0.05) is 0 Å². The van der Waals surface area contributed by atoms with Crippen LogP contribution in [0.1, 0.15) is 32.6 Å². The molecule has 68 valence electrons. The van der Waals surface area contributed by atoms with E-state index in [1.54, 1.807) is 0 Å². The summed E-state index contributed by atoms with van der Waals surface area (Å²) in [5.74, 6) is 0.801. The molecule has 1 saturated carbocycles. The van der Waals surface area contributed by atoms with Crippen LogP contribution in [0.4, 0.5) is 4.79 Å². The molecule has 0 atom stereocenters. The van der Waals surface area contributed by atoms with Crippen molar-refractivity contribution in [3.63, 3.8) is 0 Å². The summed E-state index contributed by atoms with van der Waals surface area (Å²) in [5, 5.41) is 2.73. The third kappa shape index (κ3) is 1.28. The molecule has 1 aliphatic heterocycles. The summed E-state index contributed by atoms with van der Waals surface area (Å²) < 4.78 is 5.29. The Kier molecular flexibility index (Phi) is 1.74. The Morgan fingerprint density at radius 1 is 1.50 bits per heavy atom. The van der Waals surface area contributed by atoms with E-state index in [2.05, 4.69) is 12.2 Å². The third-order valence-corrected chi connectivity index (χ3v) is 3.05. The number of hydrogen-bond donors (Lipinski definition) is 1. The maximum Gasteiger partial charge on any atom is 0.407 e. The molecule has 0 radical (unpaired) electrons. The third-order valence-electron chi connectivity index (χ3n) is 3.05. The topological polar surface area (TPSA) is 38.3 Å². The number of amides is 1. The Bertz CT molecular complexity index is 195. The summed E-state index contributed by atoms with van der Waals surface area (Å²) in [6, 6.07) is 0. The van der Waals surface area contributed by atoms with Crippen LogP contribution in [0.3, 0.4) is 0 Å². The largest absolute Gasteiger partial charge is 0.441 e. The van der Waals surface area contributed by atoms with Gasteiger partial charge in [0.05, 0.1) is 6.54 Å². The van der Waals surface area contributed by atoms with Crippen LogP contribution in [-0.2, 0) is 4.74 Å². The van der Waals surface area contributed by atoms with Gasteiger partial charge in [-0.3, -0.25) is 0 Å². The average molecular weight is 169 g/mol. The lowest BCUT2D eigenvalue weighted by Gasteiger charge is -2.33. The first-order valence-corrected chi connectivity index (χ1v) is 4.67. The van der Waals surface area contributed by atoms with Gasteiger partial charge in [-0.2, -0.15) is 0 Å². The molecular formula is C9H15NO2. The first-order chi connectivity index (χ1) is 5.70.